The van der Waals surface area contributed by atoms with Crippen molar-refractivity contribution in [2.75, 3.05) is 13.6 Å². The Morgan fingerprint density at radius 3 is 0.714 bits per heavy atom. The van der Waals surface area contributed by atoms with Crippen molar-refractivity contribution < 1.29 is 20.4 Å². The molecule has 4 heteroatoms. The normalized spacial score (nSPS) is 5.14. The molecule has 0 aliphatic rings. The summed E-state index contributed by atoms with van der Waals surface area (Å²) in [5, 5.41) is 33.5. The molecule has 0 atom stereocenters. The summed E-state index contributed by atoms with van der Waals surface area (Å²) in [5.74, 6) is 0. The predicted octanol–water partition coefficient (Wildman–Crippen LogP) is -4.59. The fourth-order valence-corrected chi connectivity index (χ4v) is 0. The van der Waals surface area contributed by atoms with Gasteiger partial charge in [-0.3, -0.25) is 0 Å². The topological polar surface area (TPSA) is 92.2 Å². The van der Waals surface area contributed by atoms with Gasteiger partial charge < -0.3 is 20.4 Å². The van der Waals surface area contributed by atoms with Crippen LogP contribution in [0.25, 0.3) is 0 Å². The van der Waals surface area contributed by atoms with Gasteiger partial charge in [0.05, 0.1) is 0 Å². The van der Waals surface area contributed by atoms with Gasteiger partial charge in [-0.1, -0.05) is 0 Å². The first-order valence-corrected chi connectivity index (χ1v) is 1.15. The van der Waals surface area contributed by atoms with Crippen molar-refractivity contribution in [2.45, 2.75) is 0 Å². The molecule has 0 rings (SSSR count). The molecule has 0 aromatic carbocycles. The summed E-state index contributed by atoms with van der Waals surface area (Å²) in [6.45, 7) is -2.50. The van der Waals surface area contributed by atoms with Crippen LogP contribution in [0.2, 0.25) is 0 Å². The van der Waals surface area contributed by atoms with Crippen molar-refractivity contribution in [3.63, 3.8) is 0 Å². The average Bonchev–Trinajstić information content (AvgIpc) is 1.39. The molecule has 7 heavy (non-hydrogen) atoms. The van der Waals surface area contributed by atoms with Gasteiger partial charge in [-0.25, -0.2) is 13.6 Å². The van der Waals surface area contributed by atoms with E-state index in [-0.39, 0.29) is 7.43 Å². The van der Waals surface area contributed by atoms with E-state index in [1.165, 1.54) is 0 Å². The third-order valence-corrected chi connectivity index (χ3v) is 0. The van der Waals surface area contributed by atoms with Crippen LogP contribution < -0.4 is 20.4 Å². The minimum atomic E-state index is -1.25. The third kappa shape index (κ3) is 3360. The van der Waals surface area contributed by atoms with Crippen LogP contribution in [0.4, 0.5) is 0 Å². The van der Waals surface area contributed by atoms with Crippen molar-refractivity contribution in [3.8, 4) is 0 Å². The van der Waals surface area contributed by atoms with Gasteiger partial charge in [0.2, 0.25) is 0 Å². The molecule has 0 aliphatic carbocycles. The van der Waals surface area contributed by atoms with Gasteiger partial charge >= 0.3 is 7.43 Å². The first kappa shape index (κ1) is 15.8. The van der Waals surface area contributed by atoms with Gasteiger partial charge in [0, 0.05) is 0 Å². The van der Waals surface area contributed by atoms with E-state index in [4.69, 9.17) is 20.4 Å². The third-order valence-electron chi connectivity index (χ3n) is 0. The average molecular weight is 104 g/mol. The molecule has 0 saturated heterocycles. The van der Waals surface area contributed by atoms with Crippen LogP contribution in [0.1, 0.15) is 0 Å². The Labute approximate surface area is 42.7 Å². The smallest absolute Gasteiger partial charge is 0.868 e. The van der Waals surface area contributed by atoms with Crippen molar-refractivity contribution in [3.05, 3.63) is 7.43 Å². The van der Waals surface area contributed by atoms with Gasteiger partial charge in [0.1, 0.15) is 0 Å². The summed E-state index contributed by atoms with van der Waals surface area (Å²) >= 11 is 0. The van der Waals surface area contributed by atoms with Crippen LogP contribution >= 0.6 is 0 Å². The zero-order chi connectivity index (χ0) is 5.41. The molecule has 0 N–H and O–H groups in total. The van der Waals surface area contributed by atoms with Crippen LogP contribution in [-0.4, -0.2) is 13.6 Å². The molecule has 0 saturated carbocycles. The first-order chi connectivity index (χ1) is 2.83. The minimum absolute atomic E-state index is 0. The zero-order valence-electron chi connectivity index (χ0n) is 3.55. The van der Waals surface area contributed by atoms with Crippen molar-refractivity contribution in [1.82, 2.24) is 0 Å². The first-order valence-electron chi connectivity index (χ1n) is 1.15. The number of hydrogen-bond acceptors (Lipinski definition) is 4. The molecule has 0 fully saturated rings. The van der Waals surface area contributed by atoms with E-state index in [1.807, 2.05) is 0 Å². The molecule has 0 spiro atoms. The molecule has 40 valence electrons. The fraction of sp³-hybridized carbons (Fsp3) is 0.667. The summed E-state index contributed by atoms with van der Waals surface area (Å²) in [6, 6.07) is 0. The zero-order valence-corrected chi connectivity index (χ0v) is 3.55. The molecular formula is C3H4O4. The monoisotopic (exact) mass is 104 g/mol. The van der Waals surface area contributed by atoms with E-state index in [0.29, 0.717) is 0 Å². The van der Waals surface area contributed by atoms with Crippen molar-refractivity contribution in [2.24, 2.45) is 0 Å². The Bertz CT molecular complexity index is 8.90. The molecule has 0 bridgehead atoms. The molecule has 0 unspecified atom stereocenters. The minimum Gasteiger partial charge on any atom is -0.868 e. The maximum atomic E-state index is 8.38. The molecular weight excluding hydrogens is 100 g/mol. The fourth-order valence-electron chi connectivity index (χ4n) is 0. The van der Waals surface area contributed by atoms with Gasteiger partial charge in [-0.2, -0.15) is 0 Å². The maximum Gasteiger partial charge on any atom is 4.00 e. The van der Waals surface area contributed by atoms with Gasteiger partial charge in [0.15, 0.2) is 0 Å². The van der Waals surface area contributed by atoms with Crippen LogP contribution in [0.5, 0.6) is 0 Å². The molecule has 0 amide bonds. The quantitative estimate of drug-likeness (QED) is 0.289. The van der Waals surface area contributed by atoms with Crippen LogP contribution in [0.15, 0.2) is 0 Å². The van der Waals surface area contributed by atoms with E-state index >= 15 is 0 Å². The Morgan fingerprint density at radius 2 is 0.714 bits per heavy atom. The van der Waals surface area contributed by atoms with Crippen LogP contribution in [0, 0.1) is 7.43 Å². The van der Waals surface area contributed by atoms with E-state index in [1.54, 1.807) is 0 Å². The van der Waals surface area contributed by atoms with Gasteiger partial charge in [0.25, 0.3) is 0 Å². The van der Waals surface area contributed by atoms with E-state index in [0.717, 1.165) is 0 Å². The second-order valence-corrected chi connectivity index (χ2v) is 0.236. The summed E-state index contributed by atoms with van der Waals surface area (Å²) in [4.78, 5) is 0. The molecule has 0 radical (unpaired) electrons. The standard InChI is InChI=1S/2CH2O2.C/c2*2-1-3;/h2*1H2;/q2*-2;+4. The Morgan fingerprint density at radius 1 is 0.714 bits per heavy atom. The van der Waals surface area contributed by atoms with E-state index in [2.05, 4.69) is 0 Å². The Kier molecular flexibility index (Phi) is 91.3. The van der Waals surface area contributed by atoms with Crippen molar-refractivity contribution in [1.29, 1.82) is 0 Å². The van der Waals surface area contributed by atoms with Gasteiger partial charge in [-0.05, 0) is 0 Å². The summed E-state index contributed by atoms with van der Waals surface area (Å²) in [5.41, 5.74) is 0. The van der Waals surface area contributed by atoms with Gasteiger partial charge in [-0.15, -0.1) is 0 Å². The molecule has 0 aliphatic heterocycles. The van der Waals surface area contributed by atoms with E-state index < -0.39 is 13.6 Å². The second-order valence-electron chi connectivity index (χ2n) is 0.236. The summed E-state index contributed by atoms with van der Waals surface area (Å²) < 4.78 is 0. The Balaban J connectivity index is -0.0000000400. The molecule has 0 aromatic heterocycles. The largest absolute Gasteiger partial charge is 4.00 e. The van der Waals surface area contributed by atoms with Crippen LogP contribution in [0.3, 0.4) is 0 Å². The van der Waals surface area contributed by atoms with Crippen LogP contribution in [-0.2, 0) is 0 Å². The molecule has 0 heterocycles. The van der Waals surface area contributed by atoms with Crippen molar-refractivity contribution >= 4 is 0 Å². The maximum absolute atomic E-state index is 8.38. The van der Waals surface area contributed by atoms with E-state index in [9.17, 15) is 0 Å². The summed E-state index contributed by atoms with van der Waals surface area (Å²) in [7, 11) is 0. The molecule has 4 nitrogen and oxygen atoms in total. The summed E-state index contributed by atoms with van der Waals surface area (Å²) in [6.07, 6.45) is 0. The predicted molar refractivity (Wildman–Crippen MR) is 13.0 cm³/mol. The SMILES string of the molecule is [C+4].[O-]C[O-].[O-]C[O-]. The number of hydrogen-bond donors (Lipinski definition) is 0. The second kappa shape index (κ2) is 40.4. The Hall–Kier alpha value is -0.160. The number of rotatable bonds is 0. The molecule has 0 aromatic rings.